The van der Waals surface area contributed by atoms with Crippen molar-refractivity contribution in [3.63, 3.8) is 0 Å². The first kappa shape index (κ1) is 24.7. The largest absolute Gasteiger partial charge is 0.469 e. The standard InChI is InChI=1S/C27H23F2NO4/c1-34-26(33)16-24(32)15-23(31)12-13-25(20-3-2-14-30-17-20)27(18-4-8-21(28)9-5-18)19-6-10-22(29)11-7-19/h2-14,17,23,31H,15-16H2,1H3. The zero-order chi connectivity index (χ0) is 24.5. The van der Waals surface area contributed by atoms with Gasteiger partial charge in [0.05, 0.1) is 13.2 Å². The molecular formula is C27H23F2NO4. The minimum absolute atomic E-state index is 0.269. The van der Waals surface area contributed by atoms with E-state index in [0.717, 1.165) is 0 Å². The Balaban J connectivity index is 2.09. The third-order valence-electron chi connectivity index (χ3n) is 5.00. The molecule has 34 heavy (non-hydrogen) atoms. The summed E-state index contributed by atoms with van der Waals surface area (Å²) in [6.45, 7) is 0. The molecule has 5 nitrogen and oxygen atoms in total. The summed E-state index contributed by atoms with van der Waals surface area (Å²) in [5, 5.41) is 10.4. The molecule has 1 unspecified atom stereocenters. The number of aliphatic hydroxyl groups is 1. The Bertz CT molecular complexity index is 1140. The topological polar surface area (TPSA) is 76.5 Å². The van der Waals surface area contributed by atoms with E-state index in [1.165, 1.54) is 37.5 Å². The smallest absolute Gasteiger partial charge is 0.313 e. The third kappa shape index (κ3) is 6.76. The number of rotatable bonds is 9. The van der Waals surface area contributed by atoms with Crippen molar-refractivity contribution < 1.29 is 28.2 Å². The first-order chi connectivity index (χ1) is 16.4. The second-order valence-electron chi connectivity index (χ2n) is 7.47. The Hall–Kier alpha value is -3.97. The predicted molar refractivity (Wildman–Crippen MR) is 124 cm³/mol. The van der Waals surface area contributed by atoms with Crippen LogP contribution in [0.2, 0.25) is 0 Å². The van der Waals surface area contributed by atoms with Crippen molar-refractivity contribution in [2.45, 2.75) is 18.9 Å². The quantitative estimate of drug-likeness (QED) is 0.281. The van der Waals surface area contributed by atoms with Gasteiger partial charge < -0.3 is 9.84 Å². The Morgan fingerprint density at radius 1 is 0.971 bits per heavy atom. The number of pyridine rings is 1. The van der Waals surface area contributed by atoms with Crippen LogP contribution in [0.25, 0.3) is 11.1 Å². The zero-order valence-electron chi connectivity index (χ0n) is 18.4. The van der Waals surface area contributed by atoms with Crippen molar-refractivity contribution in [3.8, 4) is 0 Å². The highest BCUT2D eigenvalue weighted by molar-refractivity contribution is 6.02. The molecule has 0 radical (unpaired) electrons. The number of halogens is 2. The molecule has 3 rings (SSSR count). The van der Waals surface area contributed by atoms with Gasteiger partial charge >= 0.3 is 5.97 Å². The molecule has 174 valence electrons. The molecule has 0 amide bonds. The number of hydrogen-bond acceptors (Lipinski definition) is 5. The Labute approximate surface area is 196 Å². The number of benzene rings is 2. The first-order valence-electron chi connectivity index (χ1n) is 10.5. The Morgan fingerprint density at radius 3 is 2.06 bits per heavy atom. The molecule has 1 heterocycles. The number of allylic oxidation sites excluding steroid dienone is 2. The fraction of sp³-hybridized carbons (Fsp3) is 0.148. The fourth-order valence-electron chi connectivity index (χ4n) is 3.37. The Kier molecular flexibility index (Phi) is 8.54. The van der Waals surface area contributed by atoms with Crippen molar-refractivity contribution in [3.05, 3.63) is 114 Å². The van der Waals surface area contributed by atoms with Crippen LogP contribution in [0, 0.1) is 11.6 Å². The molecule has 7 heteroatoms. The molecule has 0 saturated heterocycles. The molecule has 3 aromatic rings. The average Bonchev–Trinajstić information content (AvgIpc) is 2.83. The number of carbonyl (C=O) groups excluding carboxylic acids is 2. The number of aromatic nitrogens is 1. The second kappa shape index (κ2) is 11.8. The summed E-state index contributed by atoms with van der Waals surface area (Å²) < 4.78 is 31.7. The lowest BCUT2D eigenvalue weighted by Crippen LogP contribution is -2.15. The van der Waals surface area contributed by atoms with E-state index in [2.05, 4.69) is 9.72 Å². The van der Waals surface area contributed by atoms with Gasteiger partial charge in [0.25, 0.3) is 0 Å². The number of aliphatic hydroxyl groups excluding tert-OH is 1. The van der Waals surface area contributed by atoms with Crippen molar-refractivity contribution in [1.82, 2.24) is 4.98 Å². The van der Waals surface area contributed by atoms with Gasteiger partial charge in [0.2, 0.25) is 0 Å². The molecule has 0 saturated carbocycles. The summed E-state index contributed by atoms with van der Waals surface area (Å²) in [6, 6.07) is 15.3. The van der Waals surface area contributed by atoms with Gasteiger partial charge in [-0.3, -0.25) is 14.6 Å². The van der Waals surface area contributed by atoms with E-state index in [-0.39, 0.29) is 6.42 Å². The molecule has 2 aromatic carbocycles. The average molecular weight is 463 g/mol. The van der Waals surface area contributed by atoms with E-state index in [9.17, 15) is 23.5 Å². The highest BCUT2D eigenvalue weighted by atomic mass is 19.1. The van der Waals surface area contributed by atoms with Crippen LogP contribution in [0.4, 0.5) is 8.78 Å². The molecule has 0 aliphatic carbocycles. The summed E-state index contributed by atoms with van der Waals surface area (Å²) in [5.41, 5.74) is 3.28. The lowest BCUT2D eigenvalue weighted by atomic mass is 9.89. The zero-order valence-corrected chi connectivity index (χ0v) is 18.4. The van der Waals surface area contributed by atoms with E-state index in [0.29, 0.717) is 27.8 Å². The normalized spacial score (nSPS) is 11.8. The summed E-state index contributed by atoms with van der Waals surface area (Å²) in [7, 11) is 1.18. The maximum Gasteiger partial charge on any atom is 0.313 e. The van der Waals surface area contributed by atoms with E-state index in [1.807, 2.05) is 6.07 Å². The Morgan fingerprint density at radius 2 is 1.56 bits per heavy atom. The number of nitrogens with zero attached hydrogens (tertiary/aromatic N) is 1. The number of Topliss-reactive ketones (excluding diaryl/α,β-unsaturated/α-hetero) is 1. The van der Waals surface area contributed by atoms with Crippen molar-refractivity contribution in [2.75, 3.05) is 7.11 Å². The molecule has 0 bridgehead atoms. The van der Waals surface area contributed by atoms with Gasteiger partial charge in [0, 0.05) is 24.4 Å². The number of methoxy groups -OCH3 is 1. The monoisotopic (exact) mass is 463 g/mol. The van der Waals surface area contributed by atoms with Crippen LogP contribution in [-0.2, 0) is 14.3 Å². The van der Waals surface area contributed by atoms with Gasteiger partial charge in [0.15, 0.2) is 0 Å². The fourth-order valence-corrected chi connectivity index (χ4v) is 3.37. The van der Waals surface area contributed by atoms with E-state index >= 15 is 0 Å². The van der Waals surface area contributed by atoms with Crippen LogP contribution >= 0.6 is 0 Å². The highest BCUT2D eigenvalue weighted by Crippen LogP contribution is 2.33. The van der Waals surface area contributed by atoms with Crippen molar-refractivity contribution >= 4 is 22.9 Å². The van der Waals surface area contributed by atoms with Crippen LogP contribution in [0.5, 0.6) is 0 Å². The SMILES string of the molecule is COC(=O)CC(=O)CC(O)C=CC(=C(c1ccc(F)cc1)c1ccc(F)cc1)c1cccnc1. The molecule has 1 N–H and O–H groups in total. The summed E-state index contributed by atoms with van der Waals surface area (Å²) >= 11 is 0. The molecule has 1 aromatic heterocycles. The maximum absolute atomic E-state index is 13.6. The van der Waals surface area contributed by atoms with Crippen LogP contribution < -0.4 is 0 Å². The van der Waals surface area contributed by atoms with Gasteiger partial charge in [-0.05, 0) is 52.6 Å². The van der Waals surface area contributed by atoms with Crippen molar-refractivity contribution in [2.24, 2.45) is 0 Å². The minimum Gasteiger partial charge on any atom is -0.469 e. The number of ether oxygens (including phenoxy) is 1. The number of esters is 1. The summed E-state index contributed by atoms with van der Waals surface area (Å²) in [5.74, 6) is -1.94. The van der Waals surface area contributed by atoms with E-state index in [1.54, 1.807) is 48.8 Å². The third-order valence-corrected chi connectivity index (χ3v) is 5.00. The molecule has 0 spiro atoms. The highest BCUT2D eigenvalue weighted by Gasteiger charge is 2.16. The minimum atomic E-state index is -1.16. The van der Waals surface area contributed by atoms with Crippen LogP contribution in [0.1, 0.15) is 29.5 Å². The summed E-state index contributed by atoms with van der Waals surface area (Å²) in [4.78, 5) is 27.5. The second-order valence-corrected chi connectivity index (χ2v) is 7.47. The molecular weight excluding hydrogens is 440 g/mol. The van der Waals surface area contributed by atoms with E-state index < -0.39 is 35.9 Å². The summed E-state index contributed by atoms with van der Waals surface area (Å²) in [6.07, 6.45) is 4.45. The molecule has 0 aliphatic heterocycles. The van der Waals surface area contributed by atoms with Crippen LogP contribution in [-0.4, -0.2) is 35.1 Å². The predicted octanol–water partition coefficient (Wildman–Crippen LogP) is 4.76. The number of hydrogen-bond donors (Lipinski definition) is 1. The lowest BCUT2D eigenvalue weighted by Gasteiger charge is -2.15. The maximum atomic E-state index is 13.6. The lowest BCUT2D eigenvalue weighted by molar-refractivity contribution is -0.143. The number of carbonyl (C=O) groups is 2. The van der Waals surface area contributed by atoms with Gasteiger partial charge in [-0.2, -0.15) is 0 Å². The molecule has 0 aliphatic rings. The first-order valence-corrected chi connectivity index (χ1v) is 10.5. The van der Waals surface area contributed by atoms with Gasteiger partial charge in [0.1, 0.15) is 23.8 Å². The van der Waals surface area contributed by atoms with Gasteiger partial charge in [-0.1, -0.05) is 42.5 Å². The van der Waals surface area contributed by atoms with Crippen LogP contribution in [0.3, 0.4) is 0 Å². The van der Waals surface area contributed by atoms with Gasteiger partial charge in [-0.15, -0.1) is 0 Å². The molecule has 0 fully saturated rings. The van der Waals surface area contributed by atoms with E-state index in [4.69, 9.17) is 0 Å². The van der Waals surface area contributed by atoms with Gasteiger partial charge in [-0.25, -0.2) is 8.78 Å². The molecule has 1 atom stereocenters. The number of ketones is 1. The van der Waals surface area contributed by atoms with Crippen LogP contribution in [0.15, 0.2) is 85.2 Å². The van der Waals surface area contributed by atoms with Crippen molar-refractivity contribution in [1.29, 1.82) is 0 Å².